The van der Waals surface area contributed by atoms with Crippen LogP contribution >= 0.6 is 11.6 Å². The Kier molecular flexibility index (Phi) is 8.16. The molecule has 2 aliphatic heterocycles. The summed E-state index contributed by atoms with van der Waals surface area (Å²) in [6.45, 7) is 9.70. The van der Waals surface area contributed by atoms with Gasteiger partial charge in [0, 0.05) is 23.7 Å². The Bertz CT molecular complexity index is 693. The van der Waals surface area contributed by atoms with Gasteiger partial charge in [-0.15, -0.1) is 0 Å². The molecule has 1 atom stereocenters. The molecule has 0 bridgehead atoms. The van der Waals surface area contributed by atoms with E-state index in [0.29, 0.717) is 24.5 Å². The molecule has 1 aromatic rings. The molecule has 1 N–H and O–H groups in total. The molecule has 1 saturated heterocycles. The molecule has 0 aromatic heterocycles. The Morgan fingerprint density at radius 3 is 2.54 bits per heavy atom. The first-order chi connectivity index (χ1) is 13.2. The van der Waals surface area contributed by atoms with Crippen LogP contribution in [0.4, 0.5) is 4.79 Å². The molecule has 0 aliphatic carbocycles. The van der Waals surface area contributed by atoms with Crippen molar-refractivity contribution in [3.63, 3.8) is 0 Å². The van der Waals surface area contributed by atoms with Gasteiger partial charge < -0.3 is 24.2 Å². The highest BCUT2D eigenvalue weighted by Gasteiger charge is 2.27. The third-order valence-corrected chi connectivity index (χ3v) is 5.01. The number of rotatable bonds is 2. The standard InChI is InChI=1S/C13H14ClNO3.C8H16O2/c1-18-12-8-10(14)2-3-11(12)9-4-6-15(7-5-9)13(16)17;1-8(2,3)7-6-9-4-5-10-7/h2-4,8H,5-7H2,1H3,(H,16,17);7H,4-6H2,1-3H3. The molecular formula is C21H30ClNO5. The van der Waals surface area contributed by atoms with E-state index in [9.17, 15) is 4.79 Å². The van der Waals surface area contributed by atoms with Crippen molar-refractivity contribution in [1.82, 2.24) is 4.90 Å². The van der Waals surface area contributed by atoms with Crippen molar-refractivity contribution in [2.45, 2.75) is 33.3 Å². The van der Waals surface area contributed by atoms with E-state index in [0.717, 1.165) is 36.7 Å². The monoisotopic (exact) mass is 411 g/mol. The predicted octanol–water partition coefficient (Wildman–Crippen LogP) is 4.56. The third kappa shape index (κ3) is 6.40. The van der Waals surface area contributed by atoms with Gasteiger partial charge in [0.05, 0.1) is 33.0 Å². The lowest BCUT2D eigenvalue weighted by atomic mass is 9.89. The van der Waals surface area contributed by atoms with Crippen LogP contribution in [0.3, 0.4) is 0 Å². The Labute approximate surface area is 172 Å². The number of carboxylic acid groups (broad SMARTS) is 1. The van der Waals surface area contributed by atoms with Gasteiger partial charge in [0.1, 0.15) is 5.75 Å². The quantitative estimate of drug-likeness (QED) is 0.772. The molecule has 0 spiro atoms. The average Bonchev–Trinajstić information content (AvgIpc) is 2.68. The second kappa shape index (κ2) is 10.1. The van der Waals surface area contributed by atoms with Crippen LogP contribution in [0.15, 0.2) is 24.3 Å². The van der Waals surface area contributed by atoms with Gasteiger partial charge >= 0.3 is 6.09 Å². The number of methoxy groups -OCH3 is 1. The van der Waals surface area contributed by atoms with E-state index in [1.807, 2.05) is 18.2 Å². The van der Waals surface area contributed by atoms with Crippen LogP contribution in [0.2, 0.25) is 5.02 Å². The van der Waals surface area contributed by atoms with Gasteiger partial charge in [-0.2, -0.15) is 0 Å². The molecule has 1 unspecified atom stereocenters. The molecule has 1 fully saturated rings. The van der Waals surface area contributed by atoms with E-state index in [-0.39, 0.29) is 11.5 Å². The van der Waals surface area contributed by atoms with Gasteiger partial charge in [0.15, 0.2) is 0 Å². The second-order valence-corrected chi connectivity index (χ2v) is 8.29. The van der Waals surface area contributed by atoms with Crippen LogP contribution in [0.25, 0.3) is 5.57 Å². The molecule has 7 heteroatoms. The van der Waals surface area contributed by atoms with E-state index in [1.165, 1.54) is 4.90 Å². The number of nitrogens with zero attached hydrogens (tertiary/aromatic N) is 1. The molecular weight excluding hydrogens is 382 g/mol. The molecule has 1 amide bonds. The predicted molar refractivity (Wildman–Crippen MR) is 110 cm³/mol. The van der Waals surface area contributed by atoms with Crippen molar-refractivity contribution in [3.05, 3.63) is 34.9 Å². The minimum Gasteiger partial charge on any atom is -0.496 e. The summed E-state index contributed by atoms with van der Waals surface area (Å²) in [5.41, 5.74) is 2.30. The van der Waals surface area contributed by atoms with Crippen molar-refractivity contribution in [3.8, 4) is 5.75 Å². The fourth-order valence-corrected chi connectivity index (χ4v) is 3.17. The first-order valence-corrected chi connectivity index (χ1v) is 9.80. The topological polar surface area (TPSA) is 68.2 Å². The van der Waals surface area contributed by atoms with E-state index < -0.39 is 6.09 Å². The fraction of sp³-hybridized carbons (Fsp3) is 0.571. The zero-order valence-corrected chi connectivity index (χ0v) is 17.8. The van der Waals surface area contributed by atoms with Crippen molar-refractivity contribution >= 4 is 23.3 Å². The maximum atomic E-state index is 10.8. The van der Waals surface area contributed by atoms with Crippen molar-refractivity contribution < 1.29 is 24.1 Å². The van der Waals surface area contributed by atoms with E-state index >= 15 is 0 Å². The second-order valence-electron chi connectivity index (χ2n) is 7.85. The SMILES string of the molecule is CC(C)(C)C1COCCO1.COc1cc(Cl)ccc1C1=CCN(C(=O)O)CC1. The van der Waals surface area contributed by atoms with Gasteiger partial charge in [0.2, 0.25) is 0 Å². The maximum absolute atomic E-state index is 10.8. The van der Waals surface area contributed by atoms with E-state index in [4.69, 9.17) is 30.9 Å². The first kappa shape index (κ1) is 22.5. The lowest BCUT2D eigenvalue weighted by Gasteiger charge is -2.33. The van der Waals surface area contributed by atoms with E-state index in [2.05, 4.69) is 20.8 Å². The molecule has 28 heavy (non-hydrogen) atoms. The van der Waals surface area contributed by atoms with Crippen LogP contribution in [-0.2, 0) is 9.47 Å². The van der Waals surface area contributed by atoms with E-state index in [1.54, 1.807) is 13.2 Å². The summed E-state index contributed by atoms with van der Waals surface area (Å²) >= 11 is 5.91. The van der Waals surface area contributed by atoms with Gasteiger partial charge in [-0.3, -0.25) is 0 Å². The highest BCUT2D eigenvalue weighted by atomic mass is 35.5. The minimum atomic E-state index is -0.881. The van der Waals surface area contributed by atoms with Crippen LogP contribution < -0.4 is 4.74 Å². The van der Waals surface area contributed by atoms with Crippen LogP contribution in [0.5, 0.6) is 5.75 Å². The molecule has 2 aliphatic rings. The number of amides is 1. The Morgan fingerprint density at radius 1 is 1.32 bits per heavy atom. The largest absolute Gasteiger partial charge is 0.496 e. The summed E-state index contributed by atoms with van der Waals surface area (Å²) in [5.74, 6) is 0.720. The van der Waals surface area contributed by atoms with Crippen LogP contribution in [-0.4, -0.2) is 62.2 Å². The Morgan fingerprint density at radius 2 is 2.07 bits per heavy atom. The molecule has 0 radical (unpaired) electrons. The summed E-state index contributed by atoms with van der Waals surface area (Å²) in [6, 6.07) is 5.48. The summed E-state index contributed by atoms with van der Waals surface area (Å²) in [5, 5.41) is 9.51. The maximum Gasteiger partial charge on any atom is 0.407 e. The smallest absolute Gasteiger partial charge is 0.407 e. The summed E-state index contributed by atoms with van der Waals surface area (Å²) < 4.78 is 16.1. The molecule has 1 aromatic carbocycles. The lowest BCUT2D eigenvalue weighted by molar-refractivity contribution is -0.128. The number of hydrogen-bond donors (Lipinski definition) is 1. The Hall–Kier alpha value is -1.76. The van der Waals surface area contributed by atoms with Gasteiger partial charge in [0.25, 0.3) is 0 Å². The van der Waals surface area contributed by atoms with Crippen molar-refractivity contribution in [2.24, 2.45) is 5.41 Å². The first-order valence-electron chi connectivity index (χ1n) is 9.42. The molecule has 3 rings (SSSR count). The lowest BCUT2D eigenvalue weighted by Crippen LogP contribution is -2.38. The summed E-state index contributed by atoms with van der Waals surface area (Å²) in [4.78, 5) is 12.2. The number of halogens is 1. The molecule has 2 heterocycles. The summed E-state index contributed by atoms with van der Waals surface area (Å²) in [7, 11) is 1.60. The number of hydrogen-bond acceptors (Lipinski definition) is 4. The zero-order valence-electron chi connectivity index (χ0n) is 17.0. The molecule has 0 saturated carbocycles. The van der Waals surface area contributed by atoms with Crippen molar-refractivity contribution in [1.29, 1.82) is 0 Å². The Balaban J connectivity index is 0.000000237. The number of ether oxygens (including phenoxy) is 3. The van der Waals surface area contributed by atoms with Gasteiger partial charge in [-0.25, -0.2) is 4.79 Å². The highest BCUT2D eigenvalue weighted by molar-refractivity contribution is 6.30. The van der Waals surface area contributed by atoms with Crippen LogP contribution in [0, 0.1) is 5.41 Å². The normalized spacial score (nSPS) is 20.0. The highest BCUT2D eigenvalue weighted by Crippen LogP contribution is 2.32. The zero-order chi connectivity index (χ0) is 20.7. The van der Waals surface area contributed by atoms with Gasteiger partial charge in [-0.05, 0) is 35.6 Å². The summed E-state index contributed by atoms with van der Waals surface area (Å²) in [6.07, 6.45) is 2.00. The third-order valence-electron chi connectivity index (χ3n) is 4.77. The fourth-order valence-electron chi connectivity index (χ4n) is 3.01. The number of carbonyl (C=O) groups is 1. The van der Waals surface area contributed by atoms with Gasteiger partial charge in [-0.1, -0.05) is 38.4 Å². The van der Waals surface area contributed by atoms with Crippen LogP contribution in [0.1, 0.15) is 32.8 Å². The minimum absolute atomic E-state index is 0.223. The molecule has 156 valence electrons. The average molecular weight is 412 g/mol. The van der Waals surface area contributed by atoms with Crippen molar-refractivity contribution in [2.75, 3.05) is 40.0 Å². The molecule has 6 nitrogen and oxygen atoms in total. The number of benzene rings is 1.